The molecule has 0 rings (SSSR count). The molecule has 78 valence electrons. The number of hydrogen-bond donors (Lipinski definition) is 2. The largest absolute Gasteiger partial charge is 0.405 e. The molecule has 0 unspecified atom stereocenters. The average molecular weight is 194 g/mol. The number of hydrogen-bond acceptors (Lipinski definition) is 2. The Morgan fingerprint density at radius 1 is 1.36 bits per heavy atom. The quantitative estimate of drug-likeness (QED) is 0.525. The summed E-state index contributed by atoms with van der Waals surface area (Å²) in [6.45, 7) is 5.83. The highest BCUT2D eigenvalue weighted by atomic mass is 16.1. The van der Waals surface area contributed by atoms with Crippen molar-refractivity contribution in [3.8, 4) is 0 Å². The molecule has 0 saturated heterocycles. The molecule has 14 heavy (non-hydrogen) atoms. The van der Waals surface area contributed by atoms with Gasteiger partial charge >= 0.3 is 0 Å². The maximum Gasteiger partial charge on any atom is 0.248 e. The van der Waals surface area contributed by atoms with E-state index in [9.17, 15) is 4.79 Å². The van der Waals surface area contributed by atoms with E-state index in [0.717, 1.165) is 5.57 Å². The van der Waals surface area contributed by atoms with E-state index < -0.39 is 5.91 Å². The molecule has 0 aromatic rings. The molecule has 0 atom stereocenters. The smallest absolute Gasteiger partial charge is 0.248 e. The van der Waals surface area contributed by atoms with Gasteiger partial charge in [-0.05, 0) is 36.8 Å². The maximum atomic E-state index is 10.9. The van der Waals surface area contributed by atoms with E-state index in [2.05, 4.69) is 0 Å². The molecule has 0 saturated carbocycles. The first-order chi connectivity index (χ1) is 6.52. The van der Waals surface area contributed by atoms with E-state index in [0.29, 0.717) is 11.5 Å². The van der Waals surface area contributed by atoms with Crippen molar-refractivity contribution in [3.05, 3.63) is 35.6 Å². The molecule has 0 aliphatic heterocycles. The van der Waals surface area contributed by atoms with Gasteiger partial charge in [0.25, 0.3) is 0 Å². The topological polar surface area (TPSA) is 69.1 Å². The molecule has 0 aliphatic carbocycles. The van der Waals surface area contributed by atoms with Crippen LogP contribution in [0.3, 0.4) is 0 Å². The lowest BCUT2D eigenvalue weighted by atomic mass is 10.00. The number of allylic oxidation sites excluding steroid dienone is 3. The summed E-state index contributed by atoms with van der Waals surface area (Å²) < 4.78 is 0. The number of carbonyl (C=O) groups excluding carboxylic acids is 1. The highest BCUT2D eigenvalue weighted by Crippen LogP contribution is 2.13. The molecule has 0 heterocycles. The van der Waals surface area contributed by atoms with Gasteiger partial charge in [-0.3, -0.25) is 4.79 Å². The Labute approximate surface area is 85.2 Å². The van der Waals surface area contributed by atoms with E-state index in [1.54, 1.807) is 25.2 Å². The number of primary amides is 1. The van der Waals surface area contributed by atoms with Crippen LogP contribution in [0.1, 0.15) is 20.8 Å². The molecule has 4 N–H and O–H groups in total. The Bertz CT molecular complexity index is 286. The van der Waals surface area contributed by atoms with Crippen LogP contribution in [-0.4, -0.2) is 5.91 Å². The van der Waals surface area contributed by atoms with E-state index in [1.807, 2.05) is 13.8 Å². The van der Waals surface area contributed by atoms with Crippen LogP contribution in [0.25, 0.3) is 0 Å². The molecule has 0 bridgehead atoms. The minimum Gasteiger partial charge on any atom is -0.405 e. The zero-order chi connectivity index (χ0) is 11.1. The summed E-state index contributed by atoms with van der Waals surface area (Å²) in [7, 11) is 0. The second kappa shape index (κ2) is 6.02. The predicted molar refractivity (Wildman–Crippen MR) is 59.2 cm³/mol. The van der Waals surface area contributed by atoms with Crippen molar-refractivity contribution in [1.29, 1.82) is 0 Å². The Kier molecular flexibility index (Phi) is 5.37. The Morgan fingerprint density at radius 2 is 1.93 bits per heavy atom. The van der Waals surface area contributed by atoms with Crippen LogP contribution in [-0.2, 0) is 4.79 Å². The first kappa shape index (κ1) is 12.5. The first-order valence-electron chi connectivity index (χ1n) is 4.58. The molecule has 0 aromatic carbocycles. The lowest BCUT2D eigenvalue weighted by Crippen LogP contribution is -2.13. The van der Waals surface area contributed by atoms with Crippen molar-refractivity contribution in [2.24, 2.45) is 17.4 Å². The third-order valence-electron chi connectivity index (χ3n) is 1.87. The zero-order valence-electron chi connectivity index (χ0n) is 8.95. The van der Waals surface area contributed by atoms with Crippen LogP contribution >= 0.6 is 0 Å². The van der Waals surface area contributed by atoms with Crippen molar-refractivity contribution in [3.63, 3.8) is 0 Å². The average Bonchev–Trinajstić information content (AvgIpc) is 2.11. The predicted octanol–water partition coefficient (Wildman–Crippen LogP) is 1.47. The summed E-state index contributed by atoms with van der Waals surface area (Å²) in [5.41, 5.74) is 12.0. The van der Waals surface area contributed by atoms with Crippen LogP contribution in [0.15, 0.2) is 35.6 Å². The minimum atomic E-state index is -0.420. The fourth-order valence-electron chi connectivity index (χ4n) is 0.995. The fourth-order valence-corrected chi connectivity index (χ4v) is 0.995. The van der Waals surface area contributed by atoms with Crippen LogP contribution in [0.2, 0.25) is 0 Å². The standard InChI is InChI=1S/C11H18N2O/c1-4-9(11(13)14)7-10(5-6-12)8(2)3/h4-8H,12H2,1-3H3,(H2,13,14)/b6-5-,9-4+,10-7+. The van der Waals surface area contributed by atoms with Crippen molar-refractivity contribution in [2.45, 2.75) is 20.8 Å². The fraction of sp³-hybridized carbons (Fsp3) is 0.364. The Hall–Kier alpha value is -1.51. The molecule has 0 spiro atoms. The molecule has 0 aromatic heterocycles. The SMILES string of the molecule is C\C=C(/C=C(\C=C/N)C(C)C)C(N)=O. The summed E-state index contributed by atoms with van der Waals surface area (Å²) >= 11 is 0. The van der Waals surface area contributed by atoms with Gasteiger partial charge in [0.1, 0.15) is 0 Å². The zero-order valence-corrected chi connectivity index (χ0v) is 8.95. The van der Waals surface area contributed by atoms with Crippen LogP contribution in [0.5, 0.6) is 0 Å². The number of amides is 1. The molecule has 0 radical (unpaired) electrons. The van der Waals surface area contributed by atoms with E-state index in [-0.39, 0.29) is 0 Å². The summed E-state index contributed by atoms with van der Waals surface area (Å²) in [6.07, 6.45) is 6.68. The molecular formula is C11H18N2O. The Balaban J connectivity index is 4.98. The molecule has 0 fully saturated rings. The Morgan fingerprint density at radius 3 is 2.21 bits per heavy atom. The van der Waals surface area contributed by atoms with Gasteiger partial charge in [-0.2, -0.15) is 0 Å². The van der Waals surface area contributed by atoms with E-state index >= 15 is 0 Å². The molecule has 3 nitrogen and oxygen atoms in total. The van der Waals surface area contributed by atoms with E-state index in [1.165, 1.54) is 6.20 Å². The number of carbonyl (C=O) groups is 1. The second-order valence-corrected chi connectivity index (χ2v) is 3.27. The highest BCUT2D eigenvalue weighted by molar-refractivity contribution is 5.94. The third kappa shape index (κ3) is 3.94. The van der Waals surface area contributed by atoms with Gasteiger partial charge in [-0.15, -0.1) is 0 Å². The van der Waals surface area contributed by atoms with Gasteiger partial charge in [0, 0.05) is 5.57 Å². The second-order valence-electron chi connectivity index (χ2n) is 3.27. The van der Waals surface area contributed by atoms with Gasteiger partial charge in [0.05, 0.1) is 0 Å². The van der Waals surface area contributed by atoms with Gasteiger partial charge in [0.15, 0.2) is 0 Å². The van der Waals surface area contributed by atoms with Crippen molar-refractivity contribution in [2.75, 3.05) is 0 Å². The van der Waals surface area contributed by atoms with Crippen LogP contribution in [0.4, 0.5) is 0 Å². The number of nitrogens with two attached hydrogens (primary N) is 2. The monoisotopic (exact) mass is 194 g/mol. The molecule has 1 amide bonds. The van der Waals surface area contributed by atoms with Crippen LogP contribution < -0.4 is 11.5 Å². The van der Waals surface area contributed by atoms with E-state index in [4.69, 9.17) is 11.5 Å². The summed E-state index contributed by atoms with van der Waals surface area (Å²) in [4.78, 5) is 10.9. The van der Waals surface area contributed by atoms with Crippen molar-refractivity contribution in [1.82, 2.24) is 0 Å². The molecule has 3 heteroatoms. The maximum absolute atomic E-state index is 10.9. The lowest BCUT2D eigenvalue weighted by molar-refractivity contribution is -0.114. The summed E-state index contributed by atoms with van der Waals surface area (Å²) in [5, 5.41) is 0. The van der Waals surface area contributed by atoms with Gasteiger partial charge in [-0.25, -0.2) is 0 Å². The van der Waals surface area contributed by atoms with Crippen molar-refractivity contribution < 1.29 is 4.79 Å². The first-order valence-corrected chi connectivity index (χ1v) is 4.58. The molecular weight excluding hydrogens is 176 g/mol. The summed E-state index contributed by atoms with van der Waals surface area (Å²) in [5.74, 6) is -0.111. The van der Waals surface area contributed by atoms with Crippen molar-refractivity contribution >= 4 is 5.91 Å². The van der Waals surface area contributed by atoms with Gasteiger partial charge < -0.3 is 11.5 Å². The highest BCUT2D eigenvalue weighted by Gasteiger charge is 2.04. The minimum absolute atomic E-state index is 0.309. The van der Waals surface area contributed by atoms with Gasteiger partial charge in [-0.1, -0.05) is 19.9 Å². The summed E-state index contributed by atoms with van der Waals surface area (Å²) in [6, 6.07) is 0. The number of rotatable bonds is 4. The lowest BCUT2D eigenvalue weighted by Gasteiger charge is -2.06. The molecule has 0 aliphatic rings. The third-order valence-corrected chi connectivity index (χ3v) is 1.87. The normalized spacial score (nSPS) is 14.0. The van der Waals surface area contributed by atoms with Gasteiger partial charge in [0.2, 0.25) is 5.91 Å². The van der Waals surface area contributed by atoms with Crippen LogP contribution in [0, 0.1) is 5.92 Å².